The zero-order chi connectivity index (χ0) is 13.6. The second kappa shape index (κ2) is 6.73. The Bertz CT molecular complexity index is 307. The highest BCUT2D eigenvalue weighted by Crippen LogP contribution is 2.36. The van der Waals surface area contributed by atoms with Crippen molar-refractivity contribution in [2.24, 2.45) is 11.1 Å². The van der Waals surface area contributed by atoms with Gasteiger partial charge in [-0.25, -0.2) is 0 Å². The Morgan fingerprint density at radius 1 is 1.50 bits per heavy atom. The molecule has 3 N–H and O–H groups in total. The minimum absolute atomic E-state index is 0.0105. The summed E-state index contributed by atoms with van der Waals surface area (Å²) in [4.78, 5) is 23.1. The van der Waals surface area contributed by atoms with Crippen LogP contribution in [0.5, 0.6) is 0 Å². The van der Waals surface area contributed by atoms with Crippen LogP contribution in [-0.2, 0) is 14.3 Å². The van der Waals surface area contributed by atoms with Gasteiger partial charge in [0, 0.05) is 19.0 Å². The highest BCUT2D eigenvalue weighted by Gasteiger charge is 2.42. The minimum atomic E-state index is -0.441. The van der Waals surface area contributed by atoms with Crippen LogP contribution in [0, 0.1) is 5.41 Å². The quantitative estimate of drug-likeness (QED) is 0.548. The van der Waals surface area contributed by atoms with E-state index in [9.17, 15) is 9.59 Å². The summed E-state index contributed by atoms with van der Waals surface area (Å²) < 4.78 is 4.81. The third kappa shape index (κ3) is 3.70. The van der Waals surface area contributed by atoms with E-state index in [1.807, 2.05) is 6.92 Å². The molecule has 0 aromatic rings. The average molecular weight is 256 g/mol. The Morgan fingerprint density at radius 3 is 2.78 bits per heavy atom. The van der Waals surface area contributed by atoms with Gasteiger partial charge in [-0.15, -0.1) is 0 Å². The maximum Gasteiger partial charge on any atom is 0.305 e. The number of hydrogen-bond acceptors (Lipinski definition) is 4. The molecular weight excluding hydrogens is 232 g/mol. The predicted molar refractivity (Wildman–Crippen MR) is 68.8 cm³/mol. The first-order valence-electron chi connectivity index (χ1n) is 6.70. The fourth-order valence-electron chi connectivity index (χ4n) is 2.34. The van der Waals surface area contributed by atoms with E-state index in [0.29, 0.717) is 26.0 Å². The Kier molecular flexibility index (Phi) is 5.59. The molecule has 2 unspecified atom stereocenters. The Morgan fingerprint density at radius 2 is 2.22 bits per heavy atom. The molecule has 0 bridgehead atoms. The molecule has 0 aliphatic heterocycles. The summed E-state index contributed by atoms with van der Waals surface area (Å²) in [7, 11) is 0. The molecule has 0 saturated heterocycles. The van der Waals surface area contributed by atoms with Crippen molar-refractivity contribution >= 4 is 11.9 Å². The number of ether oxygens (including phenoxy) is 1. The largest absolute Gasteiger partial charge is 0.466 e. The first-order chi connectivity index (χ1) is 8.50. The Hall–Kier alpha value is -1.10. The number of carbonyl (C=O) groups is 2. The number of carbonyl (C=O) groups excluding carboxylic acids is 2. The van der Waals surface area contributed by atoms with Crippen LogP contribution in [0.2, 0.25) is 0 Å². The molecule has 1 aliphatic rings. The van der Waals surface area contributed by atoms with E-state index in [-0.39, 0.29) is 17.9 Å². The number of rotatable bonds is 6. The normalized spacial score (nSPS) is 26.9. The highest BCUT2D eigenvalue weighted by molar-refractivity contribution is 5.83. The van der Waals surface area contributed by atoms with Gasteiger partial charge < -0.3 is 15.8 Å². The van der Waals surface area contributed by atoms with Gasteiger partial charge in [0.05, 0.1) is 12.0 Å². The molecule has 5 heteroatoms. The molecule has 18 heavy (non-hydrogen) atoms. The number of esters is 1. The van der Waals surface area contributed by atoms with Crippen LogP contribution in [0.25, 0.3) is 0 Å². The zero-order valence-electron chi connectivity index (χ0n) is 11.3. The number of amides is 1. The van der Waals surface area contributed by atoms with E-state index >= 15 is 0 Å². The fraction of sp³-hybridized carbons (Fsp3) is 0.846. The summed E-state index contributed by atoms with van der Waals surface area (Å²) in [6.07, 6.45) is 3.71. The van der Waals surface area contributed by atoms with Gasteiger partial charge in [-0.1, -0.05) is 6.42 Å². The number of nitrogens with two attached hydrogens (primary N) is 1. The lowest BCUT2D eigenvalue weighted by molar-refractivity contribution is -0.143. The zero-order valence-corrected chi connectivity index (χ0v) is 11.3. The molecule has 1 rings (SSSR count). The van der Waals surface area contributed by atoms with Crippen LogP contribution in [-0.4, -0.2) is 31.1 Å². The summed E-state index contributed by atoms with van der Waals surface area (Å²) in [6.45, 7) is 4.60. The first-order valence-corrected chi connectivity index (χ1v) is 6.70. The van der Waals surface area contributed by atoms with E-state index < -0.39 is 5.41 Å². The van der Waals surface area contributed by atoms with Crippen molar-refractivity contribution < 1.29 is 14.3 Å². The molecule has 0 radical (unpaired) electrons. The molecular formula is C13H24N2O3. The molecule has 0 heterocycles. The maximum atomic E-state index is 12.0. The second-order valence-corrected chi connectivity index (χ2v) is 5.08. The molecule has 1 saturated carbocycles. The van der Waals surface area contributed by atoms with Gasteiger partial charge in [0.15, 0.2) is 0 Å². The van der Waals surface area contributed by atoms with Crippen LogP contribution in [0.15, 0.2) is 0 Å². The van der Waals surface area contributed by atoms with E-state index in [0.717, 1.165) is 19.3 Å². The average Bonchev–Trinajstić information content (AvgIpc) is 2.67. The molecule has 0 spiro atoms. The van der Waals surface area contributed by atoms with Crippen molar-refractivity contribution in [1.29, 1.82) is 0 Å². The van der Waals surface area contributed by atoms with Crippen LogP contribution in [0.1, 0.15) is 46.0 Å². The van der Waals surface area contributed by atoms with E-state index in [1.165, 1.54) is 0 Å². The lowest BCUT2D eigenvalue weighted by Gasteiger charge is -2.27. The third-order valence-electron chi connectivity index (χ3n) is 3.70. The van der Waals surface area contributed by atoms with E-state index in [2.05, 4.69) is 5.32 Å². The van der Waals surface area contributed by atoms with Crippen molar-refractivity contribution in [2.75, 3.05) is 13.2 Å². The standard InChI is InChI=1S/C13H24N2O3/c1-3-18-11(16)7-5-9-15-12(17)13(2)8-4-6-10(13)14/h10H,3-9,14H2,1-2H3,(H,15,17). The molecule has 0 aromatic heterocycles. The monoisotopic (exact) mass is 256 g/mol. The van der Waals surface area contributed by atoms with Gasteiger partial charge in [0.25, 0.3) is 0 Å². The summed E-state index contributed by atoms with van der Waals surface area (Å²) in [5.74, 6) is -0.202. The van der Waals surface area contributed by atoms with Gasteiger partial charge in [-0.05, 0) is 33.1 Å². The molecule has 104 valence electrons. The van der Waals surface area contributed by atoms with Gasteiger partial charge in [-0.3, -0.25) is 9.59 Å². The van der Waals surface area contributed by atoms with Crippen molar-refractivity contribution in [3.05, 3.63) is 0 Å². The maximum absolute atomic E-state index is 12.0. The van der Waals surface area contributed by atoms with Crippen LogP contribution in [0.3, 0.4) is 0 Å². The first kappa shape index (κ1) is 15.0. The summed E-state index contributed by atoms with van der Waals surface area (Å²) >= 11 is 0. The van der Waals surface area contributed by atoms with Gasteiger partial charge in [0.2, 0.25) is 5.91 Å². The predicted octanol–water partition coefficient (Wildman–Crippen LogP) is 0.963. The van der Waals surface area contributed by atoms with Gasteiger partial charge in [0.1, 0.15) is 0 Å². The number of nitrogens with one attached hydrogen (secondary N) is 1. The van der Waals surface area contributed by atoms with Crippen molar-refractivity contribution in [3.8, 4) is 0 Å². The topological polar surface area (TPSA) is 81.4 Å². The van der Waals surface area contributed by atoms with Crippen molar-refractivity contribution in [3.63, 3.8) is 0 Å². The smallest absolute Gasteiger partial charge is 0.305 e. The van der Waals surface area contributed by atoms with Crippen molar-refractivity contribution in [1.82, 2.24) is 5.32 Å². The van der Waals surface area contributed by atoms with Crippen LogP contribution < -0.4 is 11.1 Å². The van der Waals surface area contributed by atoms with E-state index in [4.69, 9.17) is 10.5 Å². The fourth-order valence-corrected chi connectivity index (χ4v) is 2.34. The van der Waals surface area contributed by atoms with Gasteiger partial charge in [-0.2, -0.15) is 0 Å². The molecule has 1 fully saturated rings. The second-order valence-electron chi connectivity index (χ2n) is 5.08. The van der Waals surface area contributed by atoms with Crippen LogP contribution in [0.4, 0.5) is 0 Å². The van der Waals surface area contributed by atoms with Crippen LogP contribution >= 0.6 is 0 Å². The SMILES string of the molecule is CCOC(=O)CCCNC(=O)C1(C)CCCC1N. The van der Waals surface area contributed by atoms with Gasteiger partial charge >= 0.3 is 5.97 Å². The lowest BCUT2D eigenvalue weighted by atomic mass is 9.84. The summed E-state index contributed by atoms with van der Waals surface area (Å²) in [6, 6.07) is -0.0532. The van der Waals surface area contributed by atoms with Crippen molar-refractivity contribution in [2.45, 2.75) is 52.0 Å². The third-order valence-corrected chi connectivity index (χ3v) is 3.70. The molecule has 0 aromatic carbocycles. The Balaban J connectivity index is 2.23. The van der Waals surface area contributed by atoms with E-state index in [1.54, 1.807) is 6.92 Å². The summed E-state index contributed by atoms with van der Waals surface area (Å²) in [5.41, 5.74) is 5.53. The summed E-state index contributed by atoms with van der Waals surface area (Å²) in [5, 5.41) is 2.87. The molecule has 5 nitrogen and oxygen atoms in total. The molecule has 1 amide bonds. The lowest BCUT2D eigenvalue weighted by Crippen LogP contribution is -2.47. The highest BCUT2D eigenvalue weighted by atomic mass is 16.5. The minimum Gasteiger partial charge on any atom is -0.466 e. The number of hydrogen-bond donors (Lipinski definition) is 2. The molecule has 1 aliphatic carbocycles. The molecule has 2 atom stereocenters. The Labute approximate surface area is 108 Å².